The smallest absolute Gasteiger partial charge is 0.325 e. The molecule has 2 fully saturated rings. The molecule has 0 unspecified atom stereocenters. The number of nitrogens with zero attached hydrogens (tertiary/aromatic N) is 1. The lowest BCUT2D eigenvalue weighted by Crippen LogP contribution is -2.54. The Morgan fingerprint density at radius 1 is 1.10 bits per heavy atom. The summed E-state index contributed by atoms with van der Waals surface area (Å²) in [7, 11) is 0. The number of imide groups is 1. The summed E-state index contributed by atoms with van der Waals surface area (Å²) in [6, 6.07) is 6.08. The summed E-state index contributed by atoms with van der Waals surface area (Å²) in [6.45, 7) is 7.36. The highest BCUT2D eigenvalue weighted by atomic mass is 16.2. The molecule has 3 rings (SSSR count). The van der Waals surface area contributed by atoms with Gasteiger partial charge in [0.05, 0.1) is 0 Å². The van der Waals surface area contributed by atoms with E-state index in [1.807, 2.05) is 0 Å². The standard InChI is InChI=1S/C21H28N4O4/c1-13-9-20(3,4)12-21(10-13)18(28)25(19(29)24-21)11-17(27)23-16-7-5-15(6-8-16)22-14(2)26/h5-8,13H,9-12H2,1-4H3,(H,22,26)(H,23,27)(H,24,29)/t13-,21+/m0/s1. The van der Waals surface area contributed by atoms with Crippen molar-refractivity contribution < 1.29 is 19.2 Å². The Kier molecular flexibility index (Phi) is 5.38. The summed E-state index contributed by atoms with van der Waals surface area (Å²) in [5.41, 5.74) is 0.145. The van der Waals surface area contributed by atoms with Crippen LogP contribution in [0.4, 0.5) is 16.2 Å². The van der Waals surface area contributed by atoms with Crippen molar-refractivity contribution in [3.63, 3.8) is 0 Å². The number of amides is 5. The number of anilines is 2. The maximum atomic E-state index is 13.1. The summed E-state index contributed by atoms with van der Waals surface area (Å²) in [5, 5.41) is 8.19. The topological polar surface area (TPSA) is 108 Å². The van der Waals surface area contributed by atoms with Crippen molar-refractivity contribution in [2.24, 2.45) is 11.3 Å². The second-order valence-electron chi connectivity index (χ2n) is 9.06. The molecule has 29 heavy (non-hydrogen) atoms. The van der Waals surface area contributed by atoms with Crippen LogP contribution in [0.2, 0.25) is 0 Å². The minimum atomic E-state index is -0.918. The third-order valence-corrected chi connectivity index (χ3v) is 5.41. The number of carbonyl (C=O) groups is 4. The first-order chi connectivity index (χ1) is 13.5. The van der Waals surface area contributed by atoms with Gasteiger partial charge in [0.2, 0.25) is 11.8 Å². The van der Waals surface area contributed by atoms with E-state index in [4.69, 9.17) is 0 Å². The Balaban J connectivity index is 1.65. The molecule has 1 saturated heterocycles. The molecule has 8 heteroatoms. The van der Waals surface area contributed by atoms with Gasteiger partial charge in [-0.15, -0.1) is 0 Å². The van der Waals surface area contributed by atoms with Crippen LogP contribution in [0.25, 0.3) is 0 Å². The molecule has 1 aromatic rings. The monoisotopic (exact) mass is 400 g/mol. The third kappa shape index (κ3) is 4.58. The Labute approximate surface area is 170 Å². The fraction of sp³-hybridized carbons (Fsp3) is 0.524. The fourth-order valence-corrected chi connectivity index (χ4v) is 4.83. The van der Waals surface area contributed by atoms with Crippen molar-refractivity contribution in [3.8, 4) is 0 Å². The van der Waals surface area contributed by atoms with Gasteiger partial charge in [-0.05, 0) is 54.9 Å². The molecule has 1 heterocycles. The largest absolute Gasteiger partial charge is 0.326 e. The van der Waals surface area contributed by atoms with Crippen LogP contribution in [0, 0.1) is 11.3 Å². The van der Waals surface area contributed by atoms with Crippen LogP contribution in [-0.2, 0) is 14.4 Å². The second-order valence-corrected chi connectivity index (χ2v) is 9.06. The van der Waals surface area contributed by atoms with Crippen LogP contribution >= 0.6 is 0 Å². The molecular formula is C21H28N4O4. The van der Waals surface area contributed by atoms with Crippen LogP contribution in [-0.4, -0.2) is 40.7 Å². The van der Waals surface area contributed by atoms with Gasteiger partial charge in [-0.25, -0.2) is 4.79 Å². The molecule has 3 N–H and O–H groups in total. The van der Waals surface area contributed by atoms with Crippen LogP contribution in [0.5, 0.6) is 0 Å². The fourth-order valence-electron chi connectivity index (χ4n) is 4.83. The molecule has 1 saturated carbocycles. The van der Waals surface area contributed by atoms with Crippen molar-refractivity contribution in [3.05, 3.63) is 24.3 Å². The zero-order valence-corrected chi connectivity index (χ0v) is 17.3. The number of carbonyl (C=O) groups excluding carboxylic acids is 4. The van der Waals surface area contributed by atoms with Crippen molar-refractivity contribution in [2.45, 2.75) is 52.5 Å². The average Bonchev–Trinajstić information content (AvgIpc) is 2.78. The molecule has 2 atom stereocenters. The molecule has 1 spiro atoms. The number of rotatable bonds is 4. The lowest BCUT2D eigenvalue weighted by molar-refractivity contribution is -0.136. The highest BCUT2D eigenvalue weighted by Crippen LogP contribution is 2.46. The van der Waals surface area contributed by atoms with Crippen LogP contribution in [0.3, 0.4) is 0 Å². The van der Waals surface area contributed by atoms with Gasteiger partial charge in [0.1, 0.15) is 12.1 Å². The van der Waals surface area contributed by atoms with Crippen molar-refractivity contribution >= 4 is 35.1 Å². The zero-order valence-electron chi connectivity index (χ0n) is 17.3. The van der Waals surface area contributed by atoms with E-state index in [1.165, 1.54) is 6.92 Å². The maximum Gasteiger partial charge on any atom is 0.325 e. The van der Waals surface area contributed by atoms with Gasteiger partial charge in [0.25, 0.3) is 5.91 Å². The maximum absolute atomic E-state index is 13.1. The SMILES string of the molecule is CC(=O)Nc1ccc(NC(=O)CN2C(=O)N[C@@]3(C[C@@H](C)CC(C)(C)C3)C2=O)cc1. The first-order valence-corrected chi connectivity index (χ1v) is 9.81. The molecule has 8 nitrogen and oxygen atoms in total. The predicted molar refractivity (Wildman–Crippen MR) is 109 cm³/mol. The van der Waals surface area contributed by atoms with E-state index in [2.05, 4.69) is 36.7 Å². The number of benzene rings is 1. The van der Waals surface area contributed by atoms with E-state index in [-0.39, 0.29) is 23.8 Å². The summed E-state index contributed by atoms with van der Waals surface area (Å²) >= 11 is 0. The van der Waals surface area contributed by atoms with E-state index < -0.39 is 17.5 Å². The van der Waals surface area contributed by atoms with Crippen LogP contribution < -0.4 is 16.0 Å². The van der Waals surface area contributed by atoms with E-state index in [9.17, 15) is 19.2 Å². The summed E-state index contributed by atoms with van der Waals surface area (Å²) in [4.78, 5) is 50.1. The zero-order chi connectivity index (χ0) is 21.4. The van der Waals surface area contributed by atoms with Gasteiger partial charge in [-0.1, -0.05) is 20.8 Å². The van der Waals surface area contributed by atoms with E-state index >= 15 is 0 Å². The molecule has 2 aliphatic rings. The molecule has 1 aliphatic carbocycles. The first-order valence-electron chi connectivity index (χ1n) is 9.81. The van der Waals surface area contributed by atoms with Crippen molar-refractivity contribution in [2.75, 3.05) is 17.2 Å². The molecular weight excluding hydrogens is 372 g/mol. The molecule has 1 aliphatic heterocycles. The van der Waals surface area contributed by atoms with Gasteiger partial charge < -0.3 is 16.0 Å². The first kappa shape index (κ1) is 20.8. The van der Waals surface area contributed by atoms with Crippen molar-refractivity contribution in [1.82, 2.24) is 10.2 Å². The molecule has 0 bridgehead atoms. The summed E-state index contributed by atoms with van der Waals surface area (Å²) < 4.78 is 0. The lowest BCUT2D eigenvalue weighted by Gasteiger charge is -2.43. The Bertz CT molecular complexity index is 849. The minimum absolute atomic E-state index is 0.0610. The molecule has 0 aromatic heterocycles. The molecule has 1 aromatic carbocycles. The highest BCUT2D eigenvalue weighted by Gasteiger charge is 2.56. The van der Waals surface area contributed by atoms with Gasteiger partial charge in [-0.3, -0.25) is 19.3 Å². The number of nitrogens with one attached hydrogen (secondary N) is 3. The van der Waals surface area contributed by atoms with E-state index in [0.717, 1.165) is 11.3 Å². The van der Waals surface area contributed by atoms with Gasteiger partial charge in [-0.2, -0.15) is 0 Å². The number of hydrogen-bond donors (Lipinski definition) is 3. The molecule has 5 amide bonds. The summed E-state index contributed by atoms with van der Waals surface area (Å²) in [6.07, 6.45) is 2.15. The number of urea groups is 1. The van der Waals surface area contributed by atoms with Gasteiger partial charge >= 0.3 is 6.03 Å². The van der Waals surface area contributed by atoms with Gasteiger partial charge in [0, 0.05) is 18.3 Å². The molecule has 156 valence electrons. The molecule has 0 radical (unpaired) electrons. The Morgan fingerprint density at radius 3 is 2.24 bits per heavy atom. The number of hydrogen-bond acceptors (Lipinski definition) is 4. The van der Waals surface area contributed by atoms with E-state index in [0.29, 0.717) is 30.1 Å². The average molecular weight is 400 g/mol. The lowest BCUT2D eigenvalue weighted by atomic mass is 9.64. The predicted octanol–water partition coefficient (Wildman–Crippen LogP) is 2.72. The second kappa shape index (κ2) is 7.50. The van der Waals surface area contributed by atoms with E-state index in [1.54, 1.807) is 24.3 Å². The Hall–Kier alpha value is -2.90. The van der Waals surface area contributed by atoms with Crippen molar-refractivity contribution in [1.29, 1.82) is 0 Å². The quantitative estimate of drug-likeness (QED) is 0.676. The highest BCUT2D eigenvalue weighted by molar-refractivity contribution is 6.10. The normalized spacial score (nSPS) is 25.7. The third-order valence-electron chi connectivity index (χ3n) is 5.41. The minimum Gasteiger partial charge on any atom is -0.326 e. The summed E-state index contributed by atoms with van der Waals surface area (Å²) in [5.74, 6) is -0.660. The Morgan fingerprint density at radius 2 is 1.69 bits per heavy atom. The van der Waals surface area contributed by atoms with Crippen LogP contribution in [0.15, 0.2) is 24.3 Å². The van der Waals surface area contributed by atoms with Crippen LogP contribution in [0.1, 0.15) is 47.0 Å². The van der Waals surface area contributed by atoms with Gasteiger partial charge in [0.15, 0.2) is 0 Å².